The van der Waals surface area contributed by atoms with E-state index >= 15 is 0 Å². The predicted octanol–water partition coefficient (Wildman–Crippen LogP) is -5.39. The molecule has 0 fully saturated rings. The molecule has 34 valence electrons. The molecule has 0 aromatic rings. The first kappa shape index (κ1) is 38.5. The summed E-state index contributed by atoms with van der Waals surface area (Å²) < 4.78 is 0. The summed E-state index contributed by atoms with van der Waals surface area (Å²) in [5.74, 6) is 0. The third-order valence-corrected chi connectivity index (χ3v) is 0. The van der Waals surface area contributed by atoms with Gasteiger partial charge in [0, 0.05) is 0 Å². The van der Waals surface area contributed by atoms with Crippen molar-refractivity contribution in [2.45, 2.75) is 0 Å². The van der Waals surface area contributed by atoms with Gasteiger partial charge in [0.2, 0.25) is 0 Å². The summed E-state index contributed by atoms with van der Waals surface area (Å²) in [5.41, 5.74) is 0. The molecule has 0 radical (unpaired) electrons. The van der Waals surface area contributed by atoms with Crippen LogP contribution in [0.15, 0.2) is 6.58 Å². The number of hydrogen-bond acceptors (Lipinski definition) is 0. The molecule has 0 saturated heterocycles. The van der Waals surface area contributed by atoms with E-state index < -0.39 is 0 Å². The zero-order chi connectivity index (χ0) is 2.00. The van der Waals surface area contributed by atoms with Gasteiger partial charge >= 0.3 is 19.5 Å². The summed E-state index contributed by atoms with van der Waals surface area (Å²) in [5, 5.41) is 0. The molecule has 0 N–H and O–H groups in total. The van der Waals surface area contributed by atoms with Crippen molar-refractivity contribution >= 4 is 0 Å². The van der Waals surface area contributed by atoms with Crippen LogP contribution in [0.25, 0.3) is 0 Å². The van der Waals surface area contributed by atoms with Crippen molar-refractivity contribution in [1.29, 1.82) is 0 Å². The van der Waals surface area contributed by atoms with Crippen molar-refractivity contribution in [2.24, 2.45) is 0 Å². The molecule has 0 amide bonds. The second-order valence-electron chi connectivity index (χ2n) is 0. The first-order chi connectivity index (χ1) is 1.00. The topological polar surface area (TPSA) is 0 Å². The summed E-state index contributed by atoms with van der Waals surface area (Å²) >= 11 is 0. The van der Waals surface area contributed by atoms with Gasteiger partial charge in [0.15, 0.2) is 0 Å². The molecule has 5 heavy (non-hydrogen) atoms. The van der Waals surface area contributed by atoms with Gasteiger partial charge < -0.3 is 31.4 Å². The zero-order valence-electron chi connectivity index (χ0n) is 2.37. The van der Waals surface area contributed by atoms with Gasteiger partial charge in [0.05, 0.1) is 0 Å². The Labute approximate surface area is 57.6 Å². The molecule has 0 spiro atoms. The molecular weight excluding hydrogens is 198 g/mol. The van der Waals surface area contributed by atoms with Crippen LogP contribution in [-0.4, -0.2) is 0 Å². The molecule has 0 nitrogen and oxygen atoms in total. The molecule has 0 aliphatic carbocycles. The zero-order valence-corrected chi connectivity index (χ0v) is 5.52. The van der Waals surface area contributed by atoms with E-state index in [9.17, 15) is 0 Å². The van der Waals surface area contributed by atoms with Gasteiger partial charge in [-0.3, -0.25) is 6.58 Å². The average Bonchev–Trinajstić information content (AvgIpc) is 1.00. The largest absolute Gasteiger partial charge is 3.00 e. The van der Waals surface area contributed by atoms with Gasteiger partial charge in [-0.15, -0.1) is 0 Å². The number of rotatable bonds is 0. The van der Waals surface area contributed by atoms with Crippen molar-refractivity contribution in [3.05, 3.63) is 13.2 Å². The van der Waals surface area contributed by atoms with Crippen LogP contribution in [0.1, 0.15) is 0 Å². The first-order valence-electron chi connectivity index (χ1n) is 0.408. The summed E-state index contributed by atoms with van der Waals surface area (Å²) in [6, 6.07) is 0. The van der Waals surface area contributed by atoms with Crippen LogP contribution in [0.3, 0.4) is 0 Å². The van der Waals surface area contributed by atoms with Gasteiger partial charge in [0.1, 0.15) is 0 Å². The molecular formula is C2H3Cl2Rh. The van der Waals surface area contributed by atoms with Crippen LogP contribution in [0.5, 0.6) is 0 Å². The molecule has 0 aromatic carbocycles. The van der Waals surface area contributed by atoms with E-state index in [2.05, 4.69) is 13.2 Å². The third-order valence-electron chi connectivity index (χ3n) is 0. The molecule has 0 bridgehead atoms. The molecule has 0 saturated carbocycles. The third kappa shape index (κ3) is 48.1. The maximum Gasteiger partial charge on any atom is 3.00 e. The van der Waals surface area contributed by atoms with E-state index in [1.165, 1.54) is 0 Å². The Morgan fingerprint density at radius 1 is 1.00 bits per heavy atom. The molecule has 0 heterocycles. The SMILES string of the molecule is [CH-]=C.[Cl-].[Cl-].[Rh+3]. The predicted molar refractivity (Wildman–Crippen MR) is 9.93 cm³/mol. The van der Waals surface area contributed by atoms with Gasteiger partial charge in [0.25, 0.3) is 0 Å². The fourth-order valence-electron chi connectivity index (χ4n) is 0. The molecule has 0 aliphatic rings. The molecule has 0 rings (SSSR count). The Balaban J connectivity index is -0.00000000167. The quantitative estimate of drug-likeness (QED) is 0.271. The average molecular weight is 201 g/mol. The van der Waals surface area contributed by atoms with E-state index in [-0.39, 0.29) is 44.3 Å². The molecule has 3 heteroatoms. The minimum Gasteiger partial charge on any atom is -1.00 e. The summed E-state index contributed by atoms with van der Waals surface area (Å²) in [7, 11) is 0. The van der Waals surface area contributed by atoms with Crippen LogP contribution in [-0.2, 0) is 19.5 Å². The normalized spacial score (nSPS) is 0.800. The van der Waals surface area contributed by atoms with Crippen molar-refractivity contribution in [3.8, 4) is 0 Å². The van der Waals surface area contributed by atoms with Gasteiger partial charge in [-0.1, -0.05) is 0 Å². The maximum absolute atomic E-state index is 4.25. The monoisotopic (exact) mass is 200 g/mol. The summed E-state index contributed by atoms with van der Waals surface area (Å²) in [6.07, 6.45) is 0. The maximum atomic E-state index is 4.25. The second kappa shape index (κ2) is 86.4. The van der Waals surface area contributed by atoms with Crippen LogP contribution in [0, 0.1) is 6.58 Å². The fraction of sp³-hybridized carbons (Fsp3) is 0. The summed E-state index contributed by atoms with van der Waals surface area (Å²) in [6.45, 7) is 7.00. The minimum atomic E-state index is 0. The smallest absolute Gasteiger partial charge is 1.00 e. The van der Waals surface area contributed by atoms with Crippen molar-refractivity contribution in [3.63, 3.8) is 0 Å². The molecule has 0 atom stereocenters. The first-order valence-corrected chi connectivity index (χ1v) is 0.408. The van der Waals surface area contributed by atoms with Crippen molar-refractivity contribution < 1.29 is 44.3 Å². The van der Waals surface area contributed by atoms with Crippen molar-refractivity contribution in [2.75, 3.05) is 0 Å². The Kier molecular flexibility index (Phi) is 664. The van der Waals surface area contributed by atoms with E-state index in [4.69, 9.17) is 0 Å². The van der Waals surface area contributed by atoms with E-state index in [1.807, 2.05) is 0 Å². The Bertz CT molecular complexity index is 7.61. The van der Waals surface area contributed by atoms with Crippen molar-refractivity contribution in [1.82, 2.24) is 0 Å². The second-order valence-corrected chi connectivity index (χ2v) is 0. The molecule has 0 aromatic heterocycles. The van der Waals surface area contributed by atoms with Gasteiger partial charge in [-0.05, 0) is 0 Å². The van der Waals surface area contributed by atoms with Crippen LogP contribution < -0.4 is 24.8 Å². The Hall–Kier alpha value is 0.943. The van der Waals surface area contributed by atoms with Crippen LogP contribution in [0.4, 0.5) is 0 Å². The molecule has 0 unspecified atom stereocenters. The standard InChI is InChI=1S/C2H3.2ClH.Rh/c1-2;;;/h1H,2H2;2*1H;/q-1;;;+3/p-2. The number of hydrogen-bond donors (Lipinski definition) is 0. The van der Waals surface area contributed by atoms with E-state index in [1.54, 1.807) is 0 Å². The summed E-state index contributed by atoms with van der Waals surface area (Å²) in [4.78, 5) is 0. The van der Waals surface area contributed by atoms with E-state index in [0.29, 0.717) is 0 Å². The molecule has 0 aliphatic heterocycles. The van der Waals surface area contributed by atoms with Crippen LogP contribution >= 0.6 is 0 Å². The minimum absolute atomic E-state index is 0. The Morgan fingerprint density at radius 3 is 1.00 bits per heavy atom. The fourth-order valence-corrected chi connectivity index (χ4v) is 0. The number of halogens is 2. The Morgan fingerprint density at radius 2 is 1.00 bits per heavy atom. The van der Waals surface area contributed by atoms with Crippen LogP contribution in [0.2, 0.25) is 0 Å². The van der Waals surface area contributed by atoms with E-state index in [0.717, 1.165) is 0 Å². The van der Waals surface area contributed by atoms with Gasteiger partial charge in [-0.2, -0.15) is 0 Å². The van der Waals surface area contributed by atoms with Gasteiger partial charge in [-0.25, -0.2) is 0 Å².